The third-order valence-electron chi connectivity index (χ3n) is 3.71. The molecule has 0 aliphatic heterocycles. The lowest BCUT2D eigenvalue weighted by molar-refractivity contribution is 0.528. The number of hydrogen-bond donors (Lipinski definition) is 1. The first-order valence-electron chi connectivity index (χ1n) is 7.45. The van der Waals surface area contributed by atoms with Gasteiger partial charge in [0, 0.05) is 17.3 Å². The van der Waals surface area contributed by atoms with Crippen LogP contribution in [0.3, 0.4) is 0 Å². The molecule has 1 unspecified atom stereocenters. The predicted octanol–water partition coefficient (Wildman–Crippen LogP) is 4.96. The van der Waals surface area contributed by atoms with Crippen molar-refractivity contribution in [3.05, 3.63) is 56.8 Å². The second kappa shape index (κ2) is 7.05. The molecular weight excluding hydrogens is 262 g/mol. The van der Waals surface area contributed by atoms with Gasteiger partial charge in [-0.05, 0) is 61.9 Å². The third-order valence-corrected chi connectivity index (χ3v) is 4.61. The van der Waals surface area contributed by atoms with Gasteiger partial charge in [0.25, 0.3) is 0 Å². The Morgan fingerprint density at radius 2 is 1.85 bits per heavy atom. The summed E-state index contributed by atoms with van der Waals surface area (Å²) in [5.41, 5.74) is 5.66. The zero-order valence-electron chi connectivity index (χ0n) is 13.0. The van der Waals surface area contributed by atoms with Gasteiger partial charge >= 0.3 is 0 Å². The van der Waals surface area contributed by atoms with Crippen LogP contribution in [0.2, 0.25) is 0 Å². The summed E-state index contributed by atoms with van der Waals surface area (Å²) in [5, 5.41) is 5.90. The first-order chi connectivity index (χ1) is 9.61. The lowest BCUT2D eigenvalue weighted by Crippen LogP contribution is -2.25. The van der Waals surface area contributed by atoms with Crippen molar-refractivity contribution in [3.8, 4) is 0 Å². The molecule has 2 heteroatoms. The molecule has 0 saturated heterocycles. The average molecular weight is 287 g/mol. The number of nitrogens with one attached hydrogen (secondary N) is 1. The van der Waals surface area contributed by atoms with E-state index in [1.54, 1.807) is 0 Å². The van der Waals surface area contributed by atoms with E-state index >= 15 is 0 Å². The SMILES string of the molecule is CCCNC(Cc1cccs1)c1c(C)cc(C)cc1C. The van der Waals surface area contributed by atoms with E-state index in [4.69, 9.17) is 0 Å². The van der Waals surface area contributed by atoms with Crippen LogP contribution in [0.1, 0.15) is 46.5 Å². The Morgan fingerprint density at radius 3 is 2.40 bits per heavy atom. The molecule has 1 heterocycles. The Hall–Kier alpha value is -1.12. The summed E-state index contributed by atoms with van der Waals surface area (Å²) in [7, 11) is 0. The minimum atomic E-state index is 0.425. The highest BCUT2D eigenvalue weighted by molar-refractivity contribution is 7.09. The van der Waals surface area contributed by atoms with Crippen molar-refractivity contribution in [2.24, 2.45) is 0 Å². The molecule has 0 bridgehead atoms. The van der Waals surface area contributed by atoms with E-state index in [1.807, 2.05) is 11.3 Å². The van der Waals surface area contributed by atoms with Crippen molar-refractivity contribution in [2.45, 2.75) is 46.6 Å². The summed E-state index contributed by atoms with van der Waals surface area (Å²) in [6.45, 7) is 9.96. The van der Waals surface area contributed by atoms with Crippen LogP contribution in [0, 0.1) is 20.8 Å². The van der Waals surface area contributed by atoms with E-state index in [-0.39, 0.29) is 0 Å². The molecule has 0 aliphatic carbocycles. The van der Waals surface area contributed by atoms with Crippen LogP contribution in [0.15, 0.2) is 29.6 Å². The minimum absolute atomic E-state index is 0.425. The van der Waals surface area contributed by atoms with Gasteiger partial charge in [-0.2, -0.15) is 0 Å². The molecule has 2 rings (SSSR count). The first kappa shape index (κ1) is 15.3. The summed E-state index contributed by atoms with van der Waals surface area (Å²) >= 11 is 1.85. The number of benzene rings is 1. The molecule has 1 N–H and O–H groups in total. The zero-order valence-corrected chi connectivity index (χ0v) is 13.8. The second-order valence-electron chi connectivity index (χ2n) is 5.60. The number of hydrogen-bond acceptors (Lipinski definition) is 2. The lowest BCUT2D eigenvalue weighted by Gasteiger charge is -2.23. The highest BCUT2D eigenvalue weighted by Crippen LogP contribution is 2.27. The molecule has 2 aromatic rings. The summed E-state index contributed by atoms with van der Waals surface area (Å²) in [5.74, 6) is 0. The number of aryl methyl sites for hydroxylation is 3. The van der Waals surface area contributed by atoms with Crippen molar-refractivity contribution >= 4 is 11.3 Å². The molecule has 1 aromatic heterocycles. The molecule has 0 fully saturated rings. The maximum Gasteiger partial charge on any atom is 0.0374 e. The molecule has 1 nitrogen and oxygen atoms in total. The van der Waals surface area contributed by atoms with Crippen LogP contribution in [-0.2, 0) is 6.42 Å². The van der Waals surface area contributed by atoms with Crippen molar-refractivity contribution in [2.75, 3.05) is 6.54 Å². The lowest BCUT2D eigenvalue weighted by atomic mass is 9.92. The molecule has 0 amide bonds. The summed E-state index contributed by atoms with van der Waals surface area (Å²) in [6, 6.07) is 9.42. The van der Waals surface area contributed by atoms with Crippen LogP contribution in [-0.4, -0.2) is 6.54 Å². The van der Waals surface area contributed by atoms with Gasteiger partial charge in [0.1, 0.15) is 0 Å². The van der Waals surface area contributed by atoms with Gasteiger partial charge in [-0.25, -0.2) is 0 Å². The molecule has 0 spiro atoms. The predicted molar refractivity (Wildman–Crippen MR) is 89.7 cm³/mol. The summed E-state index contributed by atoms with van der Waals surface area (Å²) in [6.07, 6.45) is 2.26. The van der Waals surface area contributed by atoms with Gasteiger partial charge in [0.05, 0.1) is 0 Å². The molecule has 0 saturated carbocycles. The Morgan fingerprint density at radius 1 is 1.15 bits per heavy atom. The molecule has 1 atom stereocenters. The van der Waals surface area contributed by atoms with Crippen molar-refractivity contribution in [1.29, 1.82) is 0 Å². The molecule has 20 heavy (non-hydrogen) atoms. The Balaban J connectivity index is 2.30. The van der Waals surface area contributed by atoms with Crippen molar-refractivity contribution < 1.29 is 0 Å². The van der Waals surface area contributed by atoms with E-state index in [0.29, 0.717) is 6.04 Å². The van der Waals surface area contributed by atoms with E-state index in [9.17, 15) is 0 Å². The van der Waals surface area contributed by atoms with E-state index in [1.165, 1.54) is 33.6 Å². The molecule has 0 aliphatic rings. The summed E-state index contributed by atoms with van der Waals surface area (Å²) < 4.78 is 0. The quantitative estimate of drug-likeness (QED) is 0.792. The second-order valence-corrected chi connectivity index (χ2v) is 6.63. The van der Waals surface area contributed by atoms with E-state index in [0.717, 1.165) is 13.0 Å². The fourth-order valence-electron chi connectivity index (χ4n) is 2.97. The van der Waals surface area contributed by atoms with Crippen molar-refractivity contribution in [1.82, 2.24) is 5.32 Å². The van der Waals surface area contributed by atoms with Gasteiger partial charge < -0.3 is 5.32 Å². The van der Waals surface area contributed by atoms with Gasteiger partial charge in [-0.15, -0.1) is 11.3 Å². The Kier molecular flexibility index (Phi) is 5.38. The van der Waals surface area contributed by atoms with Crippen LogP contribution in [0.4, 0.5) is 0 Å². The number of rotatable bonds is 6. The van der Waals surface area contributed by atoms with Crippen molar-refractivity contribution in [3.63, 3.8) is 0 Å². The van der Waals surface area contributed by atoms with Crippen LogP contribution in [0.25, 0.3) is 0 Å². The molecular formula is C18H25NS. The van der Waals surface area contributed by atoms with Gasteiger partial charge in [0.2, 0.25) is 0 Å². The van der Waals surface area contributed by atoms with Crippen LogP contribution in [0.5, 0.6) is 0 Å². The van der Waals surface area contributed by atoms with Gasteiger partial charge in [-0.3, -0.25) is 0 Å². The molecule has 1 aromatic carbocycles. The fourth-order valence-corrected chi connectivity index (χ4v) is 3.72. The monoisotopic (exact) mass is 287 g/mol. The largest absolute Gasteiger partial charge is 0.310 e. The minimum Gasteiger partial charge on any atom is -0.310 e. The Labute approximate surface area is 127 Å². The standard InChI is InChI=1S/C18H25NS/c1-5-8-19-17(12-16-7-6-9-20-16)18-14(3)10-13(2)11-15(18)4/h6-7,9-11,17,19H,5,8,12H2,1-4H3. The smallest absolute Gasteiger partial charge is 0.0374 e. The average Bonchev–Trinajstić information content (AvgIpc) is 2.87. The highest BCUT2D eigenvalue weighted by atomic mass is 32.1. The fraction of sp³-hybridized carbons (Fsp3) is 0.444. The zero-order chi connectivity index (χ0) is 14.5. The Bertz CT molecular complexity index is 520. The number of thiophene rings is 1. The molecule has 0 radical (unpaired) electrons. The summed E-state index contributed by atoms with van der Waals surface area (Å²) in [4.78, 5) is 1.46. The normalized spacial score (nSPS) is 12.6. The topological polar surface area (TPSA) is 12.0 Å². The van der Waals surface area contributed by atoms with E-state index in [2.05, 4.69) is 62.7 Å². The van der Waals surface area contributed by atoms with Crippen LogP contribution >= 0.6 is 11.3 Å². The van der Waals surface area contributed by atoms with E-state index < -0.39 is 0 Å². The maximum absolute atomic E-state index is 3.73. The highest BCUT2D eigenvalue weighted by Gasteiger charge is 2.17. The third kappa shape index (κ3) is 3.71. The molecule has 108 valence electrons. The first-order valence-corrected chi connectivity index (χ1v) is 8.33. The van der Waals surface area contributed by atoms with Gasteiger partial charge in [-0.1, -0.05) is 30.7 Å². The maximum atomic E-state index is 3.73. The van der Waals surface area contributed by atoms with Gasteiger partial charge in [0.15, 0.2) is 0 Å². The van der Waals surface area contributed by atoms with Crippen LogP contribution < -0.4 is 5.32 Å².